The molecule has 0 amide bonds. The van der Waals surface area contributed by atoms with Crippen LogP contribution in [0.15, 0.2) is 42.6 Å². The summed E-state index contributed by atoms with van der Waals surface area (Å²) in [5.41, 5.74) is 1.11. The van der Waals surface area contributed by atoms with Crippen LogP contribution in [0.2, 0.25) is 0 Å². The highest BCUT2D eigenvalue weighted by molar-refractivity contribution is 5.94. The molecular formula is C18H12F3NO2. The van der Waals surface area contributed by atoms with Gasteiger partial charge >= 0.3 is 5.97 Å². The fraction of sp³-hybridized carbons (Fsp3) is 0.111. The summed E-state index contributed by atoms with van der Waals surface area (Å²) in [6.07, 6.45) is 1.39. The minimum Gasteiger partial charge on any atom is -0.462 e. The van der Waals surface area contributed by atoms with E-state index in [1.165, 1.54) is 6.20 Å². The number of hydrogen-bond donors (Lipinski definition) is 0. The van der Waals surface area contributed by atoms with E-state index in [0.717, 1.165) is 12.1 Å². The Balaban J connectivity index is 2.10. The van der Waals surface area contributed by atoms with E-state index in [1.54, 1.807) is 31.2 Å². The summed E-state index contributed by atoms with van der Waals surface area (Å²) in [7, 11) is 0. The minimum absolute atomic E-state index is 0.0719. The van der Waals surface area contributed by atoms with E-state index in [1.807, 2.05) is 0 Å². The first-order chi connectivity index (χ1) is 11.5. The molecule has 0 aliphatic carbocycles. The van der Waals surface area contributed by atoms with Crippen molar-refractivity contribution in [1.29, 1.82) is 0 Å². The van der Waals surface area contributed by atoms with Crippen LogP contribution in [0.5, 0.6) is 0 Å². The molecular weight excluding hydrogens is 319 g/mol. The molecule has 24 heavy (non-hydrogen) atoms. The van der Waals surface area contributed by atoms with Crippen molar-refractivity contribution in [2.24, 2.45) is 0 Å². The monoisotopic (exact) mass is 331 g/mol. The Morgan fingerprint density at radius 1 is 1.08 bits per heavy atom. The van der Waals surface area contributed by atoms with Crippen LogP contribution in [0.1, 0.15) is 17.3 Å². The van der Waals surface area contributed by atoms with Gasteiger partial charge in [0.2, 0.25) is 0 Å². The lowest BCUT2D eigenvalue weighted by atomic mass is 10.0. The van der Waals surface area contributed by atoms with Crippen molar-refractivity contribution in [3.8, 4) is 11.1 Å². The molecule has 0 aliphatic heterocycles. The standard InChI is InChI=1S/C18H12F3NO2/c1-2-24-18(23)12-8-11-7-10(3-6-15(11)22-9-12)13-4-5-14(19)17(21)16(13)20/h3-9H,2H2,1H3. The van der Waals surface area contributed by atoms with Gasteiger partial charge in [-0.05, 0) is 42.8 Å². The van der Waals surface area contributed by atoms with Gasteiger partial charge in [-0.15, -0.1) is 0 Å². The van der Waals surface area contributed by atoms with E-state index < -0.39 is 23.4 Å². The van der Waals surface area contributed by atoms with Crippen molar-refractivity contribution < 1.29 is 22.7 Å². The molecule has 0 bridgehead atoms. The maximum absolute atomic E-state index is 14.0. The van der Waals surface area contributed by atoms with Gasteiger partial charge in [0, 0.05) is 17.1 Å². The molecule has 0 saturated heterocycles. The molecule has 3 nitrogen and oxygen atoms in total. The Hall–Kier alpha value is -2.89. The lowest BCUT2D eigenvalue weighted by molar-refractivity contribution is 0.0526. The zero-order valence-electron chi connectivity index (χ0n) is 12.6. The molecule has 0 unspecified atom stereocenters. The number of hydrogen-bond acceptors (Lipinski definition) is 3. The number of rotatable bonds is 3. The average Bonchev–Trinajstić information content (AvgIpc) is 2.59. The number of nitrogens with zero attached hydrogens (tertiary/aromatic N) is 1. The average molecular weight is 331 g/mol. The second-order valence-electron chi connectivity index (χ2n) is 5.07. The second kappa shape index (κ2) is 6.31. The molecule has 0 fully saturated rings. The quantitative estimate of drug-likeness (QED) is 0.524. The van der Waals surface area contributed by atoms with E-state index in [9.17, 15) is 18.0 Å². The number of benzene rings is 2. The lowest BCUT2D eigenvalue weighted by Crippen LogP contribution is -2.05. The highest BCUT2D eigenvalue weighted by Crippen LogP contribution is 2.28. The van der Waals surface area contributed by atoms with E-state index in [2.05, 4.69) is 4.98 Å². The third-order valence-electron chi connectivity index (χ3n) is 3.54. The molecule has 122 valence electrons. The van der Waals surface area contributed by atoms with Crippen LogP contribution < -0.4 is 0 Å². The molecule has 0 atom stereocenters. The second-order valence-corrected chi connectivity index (χ2v) is 5.07. The molecule has 0 N–H and O–H groups in total. The molecule has 3 aromatic rings. The van der Waals surface area contributed by atoms with Crippen LogP contribution in [-0.4, -0.2) is 17.6 Å². The summed E-state index contributed by atoms with van der Waals surface area (Å²) in [5, 5.41) is 0.558. The maximum atomic E-state index is 14.0. The van der Waals surface area contributed by atoms with Crippen LogP contribution >= 0.6 is 0 Å². The van der Waals surface area contributed by atoms with E-state index in [-0.39, 0.29) is 17.7 Å². The zero-order valence-corrected chi connectivity index (χ0v) is 12.6. The fourth-order valence-electron chi connectivity index (χ4n) is 2.37. The van der Waals surface area contributed by atoms with E-state index in [0.29, 0.717) is 16.5 Å². The van der Waals surface area contributed by atoms with Crippen LogP contribution in [0, 0.1) is 17.5 Å². The van der Waals surface area contributed by atoms with Crippen molar-refractivity contribution >= 4 is 16.9 Å². The normalized spacial score (nSPS) is 10.8. The fourth-order valence-corrected chi connectivity index (χ4v) is 2.37. The highest BCUT2D eigenvalue weighted by Gasteiger charge is 2.15. The molecule has 0 saturated carbocycles. The number of aromatic nitrogens is 1. The molecule has 0 spiro atoms. The number of pyridine rings is 1. The Morgan fingerprint density at radius 2 is 1.88 bits per heavy atom. The number of ether oxygens (including phenoxy) is 1. The van der Waals surface area contributed by atoms with Gasteiger partial charge in [0.25, 0.3) is 0 Å². The predicted molar refractivity (Wildman–Crippen MR) is 83.0 cm³/mol. The van der Waals surface area contributed by atoms with Crippen LogP contribution in [0.3, 0.4) is 0 Å². The summed E-state index contributed by atoms with van der Waals surface area (Å²) >= 11 is 0. The van der Waals surface area contributed by atoms with Gasteiger partial charge < -0.3 is 4.74 Å². The maximum Gasteiger partial charge on any atom is 0.339 e. The van der Waals surface area contributed by atoms with E-state index >= 15 is 0 Å². The van der Waals surface area contributed by atoms with Crippen molar-refractivity contribution in [1.82, 2.24) is 4.98 Å². The van der Waals surface area contributed by atoms with Gasteiger partial charge in [-0.2, -0.15) is 0 Å². The van der Waals surface area contributed by atoms with Crippen molar-refractivity contribution in [3.05, 3.63) is 65.6 Å². The predicted octanol–water partition coefficient (Wildman–Crippen LogP) is 4.50. The Morgan fingerprint density at radius 3 is 2.62 bits per heavy atom. The summed E-state index contributed by atoms with van der Waals surface area (Å²) in [4.78, 5) is 15.9. The van der Waals surface area contributed by atoms with Gasteiger partial charge in [-0.1, -0.05) is 6.07 Å². The smallest absolute Gasteiger partial charge is 0.339 e. The molecule has 1 aromatic heterocycles. The number of esters is 1. The zero-order chi connectivity index (χ0) is 17.3. The van der Waals surface area contributed by atoms with Gasteiger partial charge in [0.05, 0.1) is 17.7 Å². The highest BCUT2D eigenvalue weighted by atomic mass is 19.2. The largest absolute Gasteiger partial charge is 0.462 e. The molecule has 6 heteroatoms. The third-order valence-corrected chi connectivity index (χ3v) is 3.54. The first kappa shape index (κ1) is 16.0. The molecule has 1 heterocycles. The van der Waals surface area contributed by atoms with E-state index in [4.69, 9.17) is 4.74 Å². The van der Waals surface area contributed by atoms with Gasteiger partial charge in [-0.25, -0.2) is 18.0 Å². The topological polar surface area (TPSA) is 39.2 Å². The minimum atomic E-state index is -1.52. The van der Waals surface area contributed by atoms with Crippen molar-refractivity contribution in [2.75, 3.05) is 6.61 Å². The molecule has 2 aromatic carbocycles. The number of fused-ring (bicyclic) bond motifs is 1. The third kappa shape index (κ3) is 2.82. The number of halogens is 3. The Labute approximate surface area is 135 Å². The Kier molecular flexibility index (Phi) is 4.20. The van der Waals surface area contributed by atoms with Gasteiger partial charge in [0.15, 0.2) is 17.5 Å². The molecule has 0 aliphatic rings. The van der Waals surface area contributed by atoms with Crippen molar-refractivity contribution in [3.63, 3.8) is 0 Å². The lowest BCUT2D eigenvalue weighted by Gasteiger charge is -2.07. The number of carbonyl (C=O) groups excluding carboxylic acids is 1. The number of carbonyl (C=O) groups is 1. The van der Waals surface area contributed by atoms with Crippen LogP contribution in [-0.2, 0) is 4.74 Å². The van der Waals surface area contributed by atoms with Gasteiger partial charge in [0.1, 0.15) is 0 Å². The summed E-state index contributed by atoms with van der Waals surface area (Å²) in [6.45, 7) is 1.92. The first-order valence-electron chi connectivity index (χ1n) is 7.22. The van der Waals surface area contributed by atoms with Crippen LogP contribution in [0.25, 0.3) is 22.0 Å². The molecule has 3 rings (SSSR count). The molecule has 0 radical (unpaired) electrons. The summed E-state index contributed by atoms with van der Waals surface area (Å²) < 4.78 is 45.3. The summed E-state index contributed by atoms with van der Waals surface area (Å²) in [6, 6.07) is 8.31. The van der Waals surface area contributed by atoms with Gasteiger partial charge in [-0.3, -0.25) is 4.98 Å². The van der Waals surface area contributed by atoms with Crippen LogP contribution in [0.4, 0.5) is 13.2 Å². The van der Waals surface area contributed by atoms with Crippen molar-refractivity contribution in [2.45, 2.75) is 6.92 Å². The SMILES string of the molecule is CCOC(=O)c1cnc2ccc(-c3ccc(F)c(F)c3F)cc2c1. The summed E-state index contributed by atoms with van der Waals surface area (Å²) in [5.74, 6) is -4.55. The first-order valence-corrected chi connectivity index (χ1v) is 7.22. The Bertz CT molecular complexity index is 941.